The minimum absolute atomic E-state index is 0.178. The number of carbonyl (C=O) groups excluding carboxylic acids is 2. The number of amides is 3. The number of furan rings is 1. The summed E-state index contributed by atoms with van der Waals surface area (Å²) in [5, 5.41) is 3.84. The molecule has 0 unspecified atom stereocenters. The molecule has 3 atom stereocenters. The third kappa shape index (κ3) is 3.05. The van der Waals surface area contributed by atoms with Crippen molar-refractivity contribution in [2.24, 2.45) is 17.8 Å². The van der Waals surface area contributed by atoms with Crippen molar-refractivity contribution in [2.75, 3.05) is 32.7 Å². The van der Waals surface area contributed by atoms with Crippen LogP contribution >= 0.6 is 0 Å². The van der Waals surface area contributed by atoms with Crippen LogP contribution in [0.15, 0.2) is 28.9 Å². The molecule has 142 valence electrons. The van der Waals surface area contributed by atoms with E-state index in [1.165, 1.54) is 0 Å². The standard InChI is InChI=1S/C20H24N4O3/c25-19(17-9-13-3-5-21-10-18(13)27-17)22-6-4-14-15-11-24(12-16(14)15)20(26)23-7-1-2-8-23/h3,5,9-10,14-16H,1-2,4,6-8,11-12H2,(H,22,25)/t14-,15-,16+. The molecule has 3 amide bonds. The molecule has 4 heterocycles. The van der Waals surface area contributed by atoms with Crippen molar-refractivity contribution in [3.63, 3.8) is 0 Å². The smallest absolute Gasteiger partial charge is 0.320 e. The molecule has 7 nitrogen and oxygen atoms in total. The lowest BCUT2D eigenvalue weighted by Crippen LogP contribution is -2.42. The average molecular weight is 368 g/mol. The number of fused-ring (bicyclic) bond motifs is 2. The van der Waals surface area contributed by atoms with Crippen LogP contribution < -0.4 is 5.32 Å². The van der Waals surface area contributed by atoms with Crippen LogP contribution in [0.5, 0.6) is 0 Å². The summed E-state index contributed by atoms with van der Waals surface area (Å²) in [7, 11) is 0. The zero-order valence-corrected chi connectivity index (χ0v) is 15.3. The van der Waals surface area contributed by atoms with Crippen LogP contribution in [0.1, 0.15) is 29.8 Å². The van der Waals surface area contributed by atoms with E-state index in [1.54, 1.807) is 18.5 Å². The summed E-state index contributed by atoms with van der Waals surface area (Å²) in [4.78, 5) is 32.7. The van der Waals surface area contributed by atoms with Gasteiger partial charge in [-0.05, 0) is 49.1 Å². The molecule has 27 heavy (non-hydrogen) atoms. The summed E-state index contributed by atoms with van der Waals surface area (Å²) in [5.74, 6) is 2.02. The van der Waals surface area contributed by atoms with E-state index in [4.69, 9.17) is 4.42 Å². The second kappa shape index (κ2) is 6.55. The minimum Gasteiger partial charge on any atom is -0.449 e. The summed E-state index contributed by atoms with van der Waals surface area (Å²) in [5.41, 5.74) is 0.627. The van der Waals surface area contributed by atoms with E-state index >= 15 is 0 Å². The fraction of sp³-hybridized carbons (Fsp3) is 0.550. The monoisotopic (exact) mass is 368 g/mol. The van der Waals surface area contributed by atoms with E-state index in [1.807, 2.05) is 15.9 Å². The van der Waals surface area contributed by atoms with Gasteiger partial charge in [-0.2, -0.15) is 0 Å². The van der Waals surface area contributed by atoms with Gasteiger partial charge in [-0.1, -0.05) is 0 Å². The van der Waals surface area contributed by atoms with Crippen molar-refractivity contribution in [3.05, 3.63) is 30.3 Å². The second-order valence-corrected chi connectivity index (χ2v) is 7.94. The number of nitrogens with one attached hydrogen (secondary N) is 1. The molecule has 0 spiro atoms. The van der Waals surface area contributed by atoms with E-state index in [9.17, 15) is 9.59 Å². The van der Waals surface area contributed by atoms with Gasteiger partial charge in [0, 0.05) is 44.3 Å². The van der Waals surface area contributed by atoms with Gasteiger partial charge >= 0.3 is 6.03 Å². The van der Waals surface area contributed by atoms with E-state index < -0.39 is 0 Å². The van der Waals surface area contributed by atoms with Crippen LogP contribution in [0.2, 0.25) is 0 Å². The first kappa shape index (κ1) is 16.6. The largest absolute Gasteiger partial charge is 0.449 e. The molecule has 0 radical (unpaired) electrons. The molecule has 0 aromatic carbocycles. The summed E-state index contributed by atoms with van der Waals surface area (Å²) >= 11 is 0. The molecular formula is C20H24N4O3. The van der Waals surface area contributed by atoms with Crippen LogP contribution in [-0.4, -0.2) is 59.4 Å². The molecule has 1 aliphatic carbocycles. The van der Waals surface area contributed by atoms with Crippen LogP contribution in [-0.2, 0) is 0 Å². The van der Waals surface area contributed by atoms with Gasteiger partial charge in [0.2, 0.25) is 0 Å². The number of likely N-dealkylation sites (tertiary alicyclic amines) is 2. The highest BCUT2D eigenvalue weighted by molar-refractivity contribution is 5.95. The van der Waals surface area contributed by atoms with Crippen LogP contribution in [0.4, 0.5) is 4.79 Å². The van der Waals surface area contributed by atoms with Crippen molar-refractivity contribution in [1.29, 1.82) is 0 Å². The second-order valence-electron chi connectivity index (χ2n) is 7.94. The zero-order chi connectivity index (χ0) is 18.4. The third-order valence-electron chi connectivity index (χ3n) is 6.33. The Hall–Kier alpha value is -2.57. The van der Waals surface area contributed by atoms with Crippen molar-refractivity contribution in [2.45, 2.75) is 19.3 Å². The number of piperidine rings is 1. The highest BCUT2D eigenvalue weighted by atomic mass is 16.3. The Morgan fingerprint density at radius 1 is 1.19 bits per heavy atom. The number of nitrogens with zero attached hydrogens (tertiary/aromatic N) is 3. The summed E-state index contributed by atoms with van der Waals surface area (Å²) in [6.45, 7) is 4.24. The lowest BCUT2D eigenvalue weighted by Gasteiger charge is -2.26. The predicted octanol–water partition coefficient (Wildman–Crippen LogP) is 2.34. The van der Waals surface area contributed by atoms with Gasteiger partial charge in [-0.3, -0.25) is 9.78 Å². The first-order chi connectivity index (χ1) is 13.2. The molecule has 3 fully saturated rings. The fourth-order valence-corrected chi connectivity index (χ4v) is 4.78. The number of rotatable bonds is 4. The van der Waals surface area contributed by atoms with Gasteiger partial charge in [0.15, 0.2) is 11.3 Å². The Morgan fingerprint density at radius 3 is 2.70 bits per heavy atom. The third-order valence-corrected chi connectivity index (χ3v) is 6.33. The molecule has 1 N–H and O–H groups in total. The number of hydrogen-bond acceptors (Lipinski definition) is 4. The number of carbonyl (C=O) groups is 2. The molecule has 0 bridgehead atoms. The SMILES string of the molecule is O=C(NCC[C@@H]1[C@H]2CN(C(=O)N3CCCC3)C[C@@H]12)c1cc2ccncc2o1. The first-order valence-electron chi connectivity index (χ1n) is 9.86. The van der Waals surface area contributed by atoms with Gasteiger partial charge in [0.1, 0.15) is 0 Å². The Balaban J connectivity index is 1.07. The van der Waals surface area contributed by atoms with Gasteiger partial charge in [0.25, 0.3) is 5.91 Å². The number of aromatic nitrogens is 1. The molecule has 2 saturated heterocycles. The quantitative estimate of drug-likeness (QED) is 0.898. The molecule has 5 rings (SSSR count). The van der Waals surface area contributed by atoms with Crippen molar-refractivity contribution in [1.82, 2.24) is 20.1 Å². The Labute approximate surface area is 157 Å². The van der Waals surface area contributed by atoms with Gasteiger partial charge < -0.3 is 19.5 Å². The van der Waals surface area contributed by atoms with Gasteiger partial charge in [-0.25, -0.2) is 4.79 Å². The Morgan fingerprint density at radius 2 is 1.96 bits per heavy atom. The zero-order valence-electron chi connectivity index (χ0n) is 15.3. The molecular weight excluding hydrogens is 344 g/mol. The van der Waals surface area contributed by atoms with Crippen LogP contribution in [0.25, 0.3) is 11.0 Å². The fourth-order valence-electron chi connectivity index (χ4n) is 4.78. The van der Waals surface area contributed by atoms with E-state index in [-0.39, 0.29) is 11.9 Å². The summed E-state index contributed by atoms with van der Waals surface area (Å²) in [6, 6.07) is 3.81. The maximum Gasteiger partial charge on any atom is 0.320 e. The predicted molar refractivity (Wildman–Crippen MR) is 99.2 cm³/mol. The molecule has 2 aromatic rings. The Bertz CT molecular complexity index is 828. The van der Waals surface area contributed by atoms with Gasteiger partial charge in [-0.15, -0.1) is 0 Å². The average Bonchev–Trinajstić information content (AvgIpc) is 3.21. The number of urea groups is 1. The molecule has 3 aliphatic rings. The van der Waals surface area contributed by atoms with E-state index in [0.717, 1.165) is 50.8 Å². The lowest BCUT2D eigenvalue weighted by molar-refractivity contribution is 0.0926. The minimum atomic E-state index is -0.178. The topological polar surface area (TPSA) is 78.7 Å². The maximum absolute atomic E-state index is 12.4. The molecule has 1 saturated carbocycles. The Kier molecular flexibility index (Phi) is 4.02. The highest BCUT2D eigenvalue weighted by Crippen LogP contribution is 2.53. The van der Waals surface area contributed by atoms with Gasteiger partial charge in [0.05, 0.1) is 6.20 Å². The summed E-state index contributed by atoms with van der Waals surface area (Å²) in [6.07, 6.45) is 6.54. The molecule has 7 heteroatoms. The van der Waals surface area contributed by atoms with Crippen molar-refractivity contribution >= 4 is 22.9 Å². The number of hydrogen-bond donors (Lipinski definition) is 1. The maximum atomic E-state index is 12.4. The molecule has 2 aromatic heterocycles. The number of pyridine rings is 1. The van der Waals surface area contributed by atoms with Crippen LogP contribution in [0.3, 0.4) is 0 Å². The summed E-state index contributed by atoms with van der Waals surface area (Å²) < 4.78 is 5.54. The highest BCUT2D eigenvalue weighted by Gasteiger charge is 2.56. The van der Waals surface area contributed by atoms with Crippen LogP contribution in [0, 0.1) is 17.8 Å². The van der Waals surface area contributed by atoms with Crippen molar-refractivity contribution in [3.8, 4) is 0 Å². The molecule has 2 aliphatic heterocycles. The first-order valence-corrected chi connectivity index (χ1v) is 9.86. The van der Waals surface area contributed by atoms with E-state index in [2.05, 4.69) is 10.3 Å². The van der Waals surface area contributed by atoms with Crippen molar-refractivity contribution < 1.29 is 14.0 Å². The van der Waals surface area contributed by atoms with E-state index in [0.29, 0.717) is 35.6 Å². The normalized spacial score (nSPS) is 26.4. The lowest BCUT2D eigenvalue weighted by atomic mass is 10.2.